The number of nitrogens with zero attached hydrogens (tertiary/aromatic N) is 4. The Balaban J connectivity index is 2.06. The summed E-state index contributed by atoms with van der Waals surface area (Å²) >= 11 is 5.75. The molecule has 120 valence electrons. The number of benzene rings is 1. The van der Waals surface area contributed by atoms with Crippen molar-refractivity contribution in [3.05, 3.63) is 70.7 Å². The van der Waals surface area contributed by atoms with Gasteiger partial charge in [-0.05, 0) is 18.2 Å². The minimum absolute atomic E-state index is 0.0597. The van der Waals surface area contributed by atoms with Crippen LogP contribution < -0.4 is 0 Å². The number of carbonyl (C=O) groups is 1. The number of rotatable bonds is 4. The SMILES string of the molecule is O=Cc1ncc(Cc2ncc(Cl)cn2)c(-c2ccc(F)c(F)c2)n1. The lowest BCUT2D eigenvalue weighted by Gasteiger charge is -2.09. The molecule has 0 saturated heterocycles. The second-order valence-corrected chi connectivity index (χ2v) is 5.28. The molecule has 3 rings (SSSR count). The fourth-order valence-electron chi connectivity index (χ4n) is 2.10. The van der Waals surface area contributed by atoms with Gasteiger partial charge < -0.3 is 0 Å². The highest BCUT2D eigenvalue weighted by Gasteiger charge is 2.13. The van der Waals surface area contributed by atoms with Crippen molar-refractivity contribution in [3.63, 3.8) is 0 Å². The molecule has 3 aromatic rings. The summed E-state index contributed by atoms with van der Waals surface area (Å²) in [4.78, 5) is 27.1. The minimum atomic E-state index is -1.01. The van der Waals surface area contributed by atoms with Crippen LogP contribution in [0.15, 0.2) is 36.8 Å². The summed E-state index contributed by atoms with van der Waals surface area (Å²) in [5.74, 6) is -1.58. The van der Waals surface area contributed by atoms with E-state index in [1.165, 1.54) is 24.7 Å². The Morgan fingerprint density at radius 3 is 2.46 bits per heavy atom. The first-order valence-corrected chi connectivity index (χ1v) is 7.17. The molecule has 0 amide bonds. The lowest BCUT2D eigenvalue weighted by molar-refractivity contribution is 0.111. The van der Waals surface area contributed by atoms with E-state index in [9.17, 15) is 13.6 Å². The van der Waals surface area contributed by atoms with Gasteiger partial charge >= 0.3 is 0 Å². The molecule has 24 heavy (non-hydrogen) atoms. The Labute approximate surface area is 140 Å². The van der Waals surface area contributed by atoms with E-state index in [-0.39, 0.29) is 12.2 Å². The number of aromatic nitrogens is 4. The Bertz CT molecular complexity index is 903. The van der Waals surface area contributed by atoms with Crippen molar-refractivity contribution in [1.29, 1.82) is 0 Å². The van der Waals surface area contributed by atoms with Crippen molar-refractivity contribution < 1.29 is 13.6 Å². The van der Waals surface area contributed by atoms with Crippen molar-refractivity contribution in [1.82, 2.24) is 19.9 Å². The van der Waals surface area contributed by atoms with Gasteiger partial charge in [0, 0.05) is 36.1 Å². The van der Waals surface area contributed by atoms with E-state index in [0.717, 1.165) is 12.1 Å². The molecule has 0 saturated carbocycles. The van der Waals surface area contributed by atoms with E-state index in [2.05, 4.69) is 19.9 Å². The monoisotopic (exact) mass is 346 g/mol. The van der Waals surface area contributed by atoms with Crippen LogP contribution in [-0.4, -0.2) is 26.2 Å². The average molecular weight is 347 g/mol. The molecule has 8 heteroatoms. The molecular formula is C16H9ClF2N4O. The summed E-state index contributed by atoms with van der Waals surface area (Å²) in [6.45, 7) is 0. The van der Waals surface area contributed by atoms with Crippen LogP contribution in [0.5, 0.6) is 0 Å². The van der Waals surface area contributed by atoms with E-state index in [1.807, 2.05) is 0 Å². The maximum atomic E-state index is 13.5. The highest BCUT2D eigenvalue weighted by Crippen LogP contribution is 2.24. The third-order valence-electron chi connectivity index (χ3n) is 3.20. The molecular weight excluding hydrogens is 338 g/mol. The second kappa shape index (κ2) is 6.76. The molecule has 0 bridgehead atoms. The van der Waals surface area contributed by atoms with Crippen LogP contribution in [0.2, 0.25) is 5.02 Å². The first-order chi connectivity index (χ1) is 11.6. The Hall–Kier alpha value is -2.80. The number of hydrogen-bond donors (Lipinski definition) is 0. The molecule has 0 aliphatic heterocycles. The quantitative estimate of drug-likeness (QED) is 0.678. The van der Waals surface area contributed by atoms with Crippen molar-refractivity contribution >= 4 is 17.9 Å². The maximum absolute atomic E-state index is 13.5. The first-order valence-electron chi connectivity index (χ1n) is 6.80. The molecule has 0 atom stereocenters. The number of carbonyl (C=O) groups excluding carboxylic acids is 1. The van der Waals surface area contributed by atoms with Crippen molar-refractivity contribution in [2.75, 3.05) is 0 Å². The first kappa shape index (κ1) is 16.1. The van der Waals surface area contributed by atoms with E-state index in [0.29, 0.717) is 34.0 Å². The third-order valence-corrected chi connectivity index (χ3v) is 3.40. The number of aldehydes is 1. The van der Waals surface area contributed by atoms with Crippen LogP contribution in [0, 0.1) is 11.6 Å². The van der Waals surface area contributed by atoms with Crippen LogP contribution in [0.25, 0.3) is 11.3 Å². The van der Waals surface area contributed by atoms with Crippen LogP contribution in [0.4, 0.5) is 8.78 Å². The van der Waals surface area contributed by atoms with Gasteiger partial charge in [0.2, 0.25) is 0 Å². The van der Waals surface area contributed by atoms with Gasteiger partial charge in [0.05, 0.1) is 10.7 Å². The van der Waals surface area contributed by atoms with Gasteiger partial charge in [0.25, 0.3) is 0 Å². The van der Waals surface area contributed by atoms with E-state index < -0.39 is 11.6 Å². The second-order valence-electron chi connectivity index (χ2n) is 4.84. The van der Waals surface area contributed by atoms with Gasteiger partial charge in [-0.3, -0.25) is 4.79 Å². The lowest BCUT2D eigenvalue weighted by Crippen LogP contribution is -2.04. The summed E-state index contributed by atoms with van der Waals surface area (Å²) in [6.07, 6.45) is 5.05. The van der Waals surface area contributed by atoms with Gasteiger partial charge in [0.1, 0.15) is 5.82 Å². The van der Waals surface area contributed by atoms with Gasteiger partial charge in [-0.2, -0.15) is 0 Å². The fourth-order valence-corrected chi connectivity index (χ4v) is 2.20. The Morgan fingerprint density at radius 1 is 1.04 bits per heavy atom. The lowest BCUT2D eigenvalue weighted by atomic mass is 10.0. The topological polar surface area (TPSA) is 68.6 Å². The molecule has 2 aromatic heterocycles. The van der Waals surface area contributed by atoms with Crippen LogP contribution in [0.1, 0.15) is 22.0 Å². The predicted octanol–water partition coefficient (Wildman–Crippen LogP) is 3.27. The molecule has 0 radical (unpaired) electrons. The third kappa shape index (κ3) is 3.41. The summed E-state index contributed by atoms with van der Waals surface area (Å²) < 4.78 is 26.7. The molecule has 0 unspecified atom stereocenters. The molecule has 0 aliphatic carbocycles. The summed E-state index contributed by atoms with van der Waals surface area (Å²) in [6, 6.07) is 3.38. The van der Waals surface area contributed by atoms with Gasteiger partial charge in [0.15, 0.2) is 23.7 Å². The Kier molecular flexibility index (Phi) is 4.52. The minimum Gasteiger partial charge on any atom is -0.294 e. The van der Waals surface area contributed by atoms with Gasteiger partial charge in [-0.15, -0.1) is 0 Å². The largest absolute Gasteiger partial charge is 0.294 e. The zero-order valence-electron chi connectivity index (χ0n) is 12.1. The van der Waals surface area contributed by atoms with Crippen molar-refractivity contribution in [3.8, 4) is 11.3 Å². The maximum Gasteiger partial charge on any atom is 0.193 e. The molecule has 0 N–H and O–H groups in total. The van der Waals surface area contributed by atoms with Crippen LogP contribution in [0.3, 0.4) is 0 Å². The van der Waals surface area contributed by atoms with Crippen molar-refractivity contribution in [2.45, 2.75) is 6.42 Å². The van der Waals surface area contributed by atoms with Crippen molar-refractivity contribution in [2.24, 2.45) is 0 Å². The highest BCUT2D eigenvalue weighted by atomic mass is 35.5. The van der Waals surface area contributed by atoms with Crippen LogP contribution >= 0.6 is 11.6 Å². The van der Waals surface area contributed by atoms with Gasteiger partial charge in [-0.25, -0.2) is 28.7 Å². The average Bonchev–Trinajstić information content (AvgIpc) is 2.60. The smallest absolute Gasteiger partial charge is 0.193 e. The highest BCUT2D eigenvalue weighted by molar-refractivity contribution is 6.30. The molecule has 5 nitrogen and oxygen atoms in total. The Morgan fingerprint density at radius 2 is 1.79 bits per heavy atom. The predicted molar refractivity (Wildman–Crippen MR) is 82.6 cm³/mol. The summed E-state index contributed by atoms with van der Waals surface area (Å²) in [5, 5.41) is 0.395. The molecule has 0 spiro atoms. The molecule has 1 aromatic carbocycles. The van der Waals surface area contributed by atoms with E-state index >= 15 is 0 Å². The van der Waals surface area contributed by atoms with Crippen LogP contribution in [-0.2, 0) is 6.42 Å². The van der Waals surface area contributed by atoms with E-state index in [1.54, 1.807) is 0 Å². The zero-order valence-corrected chi connectivity index (χ0v) is 12.8. The zero-order chi connectivity index (χ0) is 17.1. The van der Waals surface area contributed by atoms with E-state index in [4.69, 9.17) is 11.6 Å². The summed E-state index contributed by atoms with van der Waals surface area (Å²) in [5.41, 5.74) is 1.20. The number of halogens is 3. The number of hydrogen-bond acceptors (Lipinski definition) is 5. The standard InChI is InChI=1S/C16H9ClF2N4O/c17-11-6-21-14(22-7-11)4-10-5-20-15(8-24)23-16(10)9-1-2-12(18)13(19)3-9/h1-3,5-8H,4H2. The van der Waals surface area contributed by atoms with Gasteiger partial charge in [-0.1, -0.05) is 11.6 Å². The summed E-state index contributed by atoms with van der Waals surface area (Å²) in [7, 11) is 0. The molecule has 2 heterocycles. The fraction of sp³-hybridized carbons (Fsp3) is 0.0625. The normalized spacial score (nSPS) is 10.6. The molecule has 0 fully saturated rings. The molecule has 0 aliphatic rings.